The van der Waals surface area contributed by atoms with Gasteiger partial charge < -0.3 is 4.90 Å². The second kappa shape index (κ2) is 10.1. The van der Waals surface area contributed by atoms with E-state index in [1.54, 1.807) is 0 Å². The van der Waals surface area contributed by atoms with E-state index >= 15 is 0 Å². The number of anilines is 3. The van der Waals surface area contributed by atoms with Gasteiger partial charge in [0.1, 0.15) is 0 Å². The Morgan fingerprint density at radius 3 is 1.74 bits per heavy atom. The standard InChI is InChI=1S/C36H32N2/c1-3-36(4-2)34-25-28(16-15-27-21-23-37-24-22-27)17-19-32(34)33-20-18-31(26-35(33)36)38(29-11-7-5-8-12-29)30-13-9-6-10-14-30/h5-26H,3-4H2,1-2H3/b16-15+. The van der Waals surface area contributed by atoms with Crippen molar-refractivity contribution >= 4 is 29.2 Å². The molecule has 38 heavy (non-hydrogen) atoms. The Morgan fingerprint density at radius 1 is 0.579 bits per heavy atom. The maximum atomic E-state index is 4.13. The largest absolute Gasteiger partial charge is 0.310 e. The van der Waals surface area contributed by atoms with E-state index in [4.69, 9.17) is 0 Å². The third-order valence-corrected chi connectivity index (χ3v) is 8.04. The lowest BCUT2D eigenvalue weighted by Gasteiger charge is -2.32. The Kier molecular flexibility index (Phi) is 6.39. The quantitative estimate of drug-likeness (QED) is 0.225. The number of nitrogens with zero attached hydrogens (tertiary/aromatic N) is 2. The topological polar surface area (TPSA) is 16.1 Å². The van der Waals surface area contributed by atoms with Gasteiger partial charge in [-0.1, -0.05) is 86.7 Å². The van der Waals surface area contributed by atoms with E-state index in [9.17, 15) is 0 Å². The normalized spacial score (nSPS) is 13.3. The molecular formula is C36H32N2. The maximum absolute atomic E-state index is 4.13. The van der Waals surface area contributed by atoms with Gasteiger partial charge in [-0.3, -0.25) is 4.98 Å². The van der Waals surface area contributed by atoms with Gasteiger partial charge in [-0.25, -0.2) is 0 Å². The minimum absolute atomic E-state index is 0.0137. The van der Waals surface area contributed by atoms with Gasteiger partial charge in [0.05, 0.1) is 0 Å². The molecule has 1 aliphatic carbocycles. The van der Waals surface area contributed by atoms with Crippen molar-refractivity contribution in [3.63, 3.8) is 0 Å². The number of hydrogen-bond donors (Lipinski definition) is 0. The molecule has 186 valence electrons. The van der Waals surface area contributed by atoms with Gasteiger partial charge in [0.2, 0.25) is 0 Å². The molecule has 5 aromatic rings. The summed E-state index contributed by atoms with van der Waals surface area (Å²) >= 11 is 0. The molecule has 1 aromatic heterocycles. The summed E-state index contributed by atoms with van der Waals surface area (Å²) in [7, 11) is 0. The van der Waals surface area contributed by atoms with Crippen molar-refractivity contribution in [1.29, 1.82) is 0 Å². The summed E-state index contributed by atoms with van der Waals surface area (Å²) in [4.78, 5) is 6.50. The molecule has 1 heterocycles. The fourth-order valence-electron chi connectivity index (χ4n) is 6.02. The van der Waals surface area contributed by atoms with Crippen LogP contribution in [0.2, 0.25) is 0 Å². The fraction of sp³-hybridized carbons (Fsp3) is 0.139. The van der Waals surface area contributed by atoms with Gasteiger partial charge in [-0.2, -0.15) is 0 Å². The molecular weight excluding hydrogens is 460 g/mol. The minimum Gasteiger partial charge on any atom is -0.310 e. The molecule has 1 aliphatic rings. The zero-order valence-corrected chi connectivity index (χ0v) is 22.0. The molecule has 0 aliphatic heterocycles. The highest BCUT2D eigenvalue weighted by atomic mass is 15.1. The van der Waals surface area contributed by atoms with Crippen LogP contribution in [0.15, 0.2) is 122 Å². The number of pyridine rings is 1. The van der Waals surface area contributed by atoms with Crippen LogP contribution in [0.25, 0.3) is 23.3 Å². The molecule has 0 saturated carbocycles. The number of benzene rings is 4. The average molecular weight is 493 g/mol. The van der Waals surface area contributed by atoms with E-state index < -0.39 is 0 Å². The molecule has 2 heteroatoms. The van der Waals surface area contributed by atoms with Gasteiger partial charge in [-0.15, -0.1) is 0 Å². The monoisotopic (exact) mass is 492 g/mol. The van der Waals surface area contributed by atoms with Crippen LogP contribution in [0.5, 0.6) is 0 Å². The predicted octanol–water partition coefficient (Wildman–Crippen LogP) is 9.81. The first kappa shape index (κ1) is 23.9. The number of hydrogen-bond acceptors (Lipinski definition) is 2. The Hall–Kier alpha value is -4.43. The minimum atomic E-state index is -0.0137. The van der Waals surface area contributed by atoms with E-state index in [2.05, 4.69) is 133 Å². The van der Waals surface area contributed by atoms with Crippen LogP contribution in [0, 0.1) is 0 Å². The maximum Gasteiger partial charge on any atom is 0.0465 e. The smallest absolute Gasteiger partial charge is 0.0465 e. The van der Waals surface area contributed by atoms with Crippen LogP contribution < -0.4 is 4.90 Å². The third kappa shape index (κ3) is 4.13. The van der Waals surface area contributed by atoms with Gasteiger partial charge in [0, 0.05) is 34.9 Å². The molecule has 0 fully saturated rings. The zero-order valence-electron chi connectivity index (χ0n) is 22.0. The molecule has 4 aromatic carbocycles. The number of aromatic nitrogens is 1. The highest BCUT2D eigenvalue weighted by Crippen LogP contribution is 2.54. The molecule has 0 amide bonds. The second-order valence-corrected chi connectivity index (χ2v) is 9.94. The first-order valence-electron chi connectivity index (χ1n) is 13.5. The molecule has 0 bridgehead atoms. The zero-order chi connectivity index (χ0) is 26.0. The molecule has 0 saturated heterocycles. The molecule has 6 rings (SSSR count). The van der Waals surface area contributed by atoms with Crippen LogP contribution in [-0.2, 0) is 5.41 Å². The molecule has 0 spiro atoms. The van der Waals surface area contributed by atoms with Crippen molar-refractivity contribution in [3.05, 3.63) is 144 Å². The van der Waals surface area contributed by atoms with Crippen LogP contribution in [0.4, 0.5) is 17.1 Å². The number of rotatable bonds is 7. The summed E-state index contributed by atoms with van der Waals surface area (Å²) < 4.78 is 0. The third-order valence-electron chi connectivity index (χ3n) is 8.04. The van der Waals surface area contributed by atoms with Crippen molar-refractivity contribution in [2.45, 2.75) is 32.1 Å². The lowest BCUT2D eigenvalue weighted by molar-refractivity contribution is 0.490. The van der Waals surface area contributed by atoms with Crippen molar-refractivity contribution in [2.75, 3.05) is 4.90 Å². The van der Waals surface area contributed by atoms with Crippen molar-refractivity contribution in [2.24, 2.45) is 0 Å². The van der Waals surface area contributed by atoms with E-state index in [-0.39, 0.29) is 5.41 Å². The summed E-state index contributed by atoms with van der Waals surface area (Å²) in [5.74, 6) is 0. The van der Waals surface area contributed by atoms with E-state index in [0.29, 0.717) is 0 Å². The highest BCUT2D eigenvalue weighted by molar-refractivity contribution is 5.87. The summed E-state index contributed by atoms with van der Waals surface area (Å²) in [6.07, 6.45) is 10.2. The van der Waals surface area contributed by atoms with Crippen molar-refractivity contribution < 1.29 is 0 Å². The highest BCUT2D eigenvalue weighted by Gasteiger charge is 2.41. The van der Waals surface area contributed by atoms with E-state index in [1.165, 1.54) is 33.5 Å². The summed E-state index contributed by atoms with van der Waals surface area (Å²) in [6.45, 7) is 4.67. The summed E-state index contributed by atoms with van der Waals surface area (Å²) in [5, 5.41) is 0. The molecule has 0 unspecified atom stereocenters. The number of para-hydroxylation sites is 2. The Balaban J connectivity index is 1.46. The van der Waals surface area contributed by atoms with Crippen LogP contribution >= 0.6 is 0 Å². The van der Waals surface area contributed by atoms with Gasteiger partial charge in [0.25, 0.3) is 0 Å². The predicted molar refractivity (Wildman–Crippen MR) is 161 cm³/mol. The SMILES string of the molecule is CCC1(CC)c2cc(/C=C/c3ccncc3)ccc2-c2ccc(N(c3ccccc3)c3ccccc3)cc21. The van der Waals surface area contributed by atoms with E-state index in [1.807, 2.05) is 24.5 Å². The lowest BCUT2D eigenvalue weighted by atomic mass is 9.73. The van der Waals surface area contributed by atoms with Gasteiger partial charge in [-0.05, 0) is 94.8 Å². The Labute approximate surface area is 225 Å². The van der Waals surface area contributed by atoms with Crippen molar-refractivity contribution in [1.82, 2.24) is 4.98 Å². The Morgan fingerprint density at radius 2 is 1.13 bits per heavy atom. The second-order valence-electron chi connectivity index (χ2n) is 9.94. The molecule has 0 N–H and O–H groups in total. The van der Waals surface area contributed by atoms with Crippen LogP contribution in [-0.4, -0.2) is 4.98 Å². The molecule has 0 atom stereocenters. The van der Waals surface area contributed by atoms with Gasteiger partial charge >= 0.3 is 0 Å². The average Bonchev–Trinajstić information content (AvgIpc) is 3.26. The Bertz CT molecular complexity index is 1530. The first-order chi connectivity index (χ1) is 18.7. The van der Waals surface area contributed by atoms with Crippen LogP contribution in [0.3, 0.4) is 0 Å². The lowest BCUT2D eigenvalue weighted by Crippen LogP contribution is -2.23. The first-order valence-corrected chi connectivity index (χ1v) is 13.5. The van der Waals surface area contributed by atoms with E-state index in [0.717, 1.165) is 29.8 Å². The summed E-state index contributed by atoms with van der Waals surface area (Å²) in [5.41, 5.74) is 11.5. The fourth-order valence-corrected chi connectivity index (χ4v) is 6.02. The molecule has 2 nitrogen and oxygen atoms in total. The number of fused-ring (bicyclic) bond motifs is 3. The molecule has 0 radical (unpaired) electrons. The van der Waals surface area contributed by atoms with Crippen LogP contribution in [0.1, 0.15) is 48.9 Å². The van der Waals surface area contributed by atoms with Gasteiger partial charge in [0.15, 0.2) is 0 Å². The van der Waals surface area contributed by atoms with Crippen molar-refractivity contribution in [3.8, 4) is 11.1 Å². The summed E-state index contributed by atoms with van der Waals surface area (Å²) in [6, 6.07) is 39.4.